The van der Waals surface area contributed by atoms with Crippen LogP contribution in [-0.2, 0) is 9.53 Å². The lowest BCUT2D eigenvalue weighted by atomic mass is 9.70. The maximum Gasteiger partial charge on any atom is 0.317 e. The first-order chi connectivity index (χ1) is 9.00. The molecule has 2 rings (SSSR count). The van der Waals surface area contributed by atoms with Crippen molar-refractivity contribution in [3.8, 4) is 0 Å². The Labute approximate surface area is 113 Å². The maximum absolute atomic E-state index is 12.1. The number of morpholine rings is 1. The van der Waals surface area contributed by atoms with Gasteiger partial charge in [-0.2, -0.15) is 0 Å². The molecule has 1 aliphatic heterocycles. The second-order valence-electron chi connectivity index (χ2n) is 5.84. The second kappa shape index (κ2) is 5.77. The fraction of sp³-hybridized carbons (Fsp3) is 0.846. The molecule has 2 fully saturated rings. The Hall–Kier alpha value is -1.30. The summed E-state index contributed by atoms with van der Waals surface area (Å²) in [6.45, 7) is 4.08. The van der Waals surface area contributed by atoms with Crippen LogP contribution in [0.3, 0.4) is 0 Å². The number of amides is 2. The van der Waals surface area contributed by atoms with Gasteiger partial charge in [0.2, 0.25) is 0 Å². The summed E-state index contributed by atoms with van der Waals surface area (Å²) in [5.41, 5.74) is 0.226. The molecule has 1 unspecified atom stereocenters. The number of carboxylic acid groups (broad SMARTS) is 1. The van der Waals surface area contributed by atoms with Crippen LogP contribution >= 0.6 is 0 Å². The number of ether oxygens (including phenoxy) is 1. The molecule has 1 heterocycles. The molecule has 1 aliphatic carbocycles. The first-order valence-corrected chi connectivity index (χ1v) is 6.84. The van der Waals surface area contributed by atoms with Crippen molar-refractivity contribution in [3.05, 3.63) is 0 Å². The molecule has 0 aromatic rings. The average Bonchev–Trinajstić information content (AvgIpc) is 2.33. The highest BCUT2D eigenvalue weighted by Crippen LogP contribution is 2.39. The van der Waals surface area contributed by atoms with Crippen LogP contribution in [0.25, 0.3) is 0 Å². The highest BCUT2D eigenvalue weighted by molar-refractivity contribution is 5.76. The van der Waals surface area contributed by atoms with Crippen LogP contribution in [0.5, 0.6) is 0 Å². The molecule has 1 atom stereocenters. The lowest BCUT2D eigenvalue weighted by Crippen LogP contribution is -2.54. The van der Waals surface area contributed by atoms with E-state index < -0.39 is 5.97 Å². The molecule has 0 spiro atoms. The summed E-state index contributed by atoms with van der Waals surface area (Å²) in [5.74, 6) is -0.903. The Bertz CT molecular complexity index is 355. The van der Waals surface area contributed by atoms with Crippen molar-refractivity contribution in [2.45, 2.75) is 38.6 Å². The van der Waals surface area contributed by atoms with E-state index in [4.69, 9.17) is 9.84 Å². The van der Waals surface area contributed by atoms with Crippen LogP contribution in [-0.4, -0.2) is 54.4 Å². The van der Waals surface area contributed by atoms with Gasteiger partial charge in [0.05, 0.1) is 25.7 Å². The van der Waals surface area contributed by atoms with Gasteiger partial charge in [-0.1, -0.05) is 13.3 Å². The summed E-state index contributed by atoms with van der Waals surface area (Å²) in [4.78, 5) is 24.5. The van der Waals surface area contributed by atoms with Crippen molar-refractivity contribution in [2.24, 2.45) is 5.41 Å². The van der Waals surface area contributed by atoms with Crippen molar-refractivity contribution >= 4 is 12.0 Å². The molecule has 0 bridgehead atoms. The number of carboxylic acids is 1. The summed E-state index contributed by atoms with van der Waals surface area (Å²) in [6.07, 6.45) is 3.46. The van der Waals surface area contributed by atoms with E-state index in [0.717, 1.165) is 12.8 Å². The van der Waals surface area contributed by atoms with Crippen molar-refractivity contribution < 1.29 is 19.4 Å². The predicted molar refractivity (Wildman–Crippen MR) is 68.9 cm³/mol. The Morgan fingerprint density at radius 1 is 1.47 bits per heavy atom. The van der Waals surface area contributed by atoms with Crippen LogP contribution in [0.4, 0.5) is 4.79 Å². The van der Waals surface area contributed by atoms with Crippen molar-refractivity contribution in [3.63, 3.8) is 0 Å². The number of nitrogens with one attached hydrogen (secondary N) is 1. The quantitative estimate of drug-likeness (QED) is 0.800. The van der Waals surface area contributed by atoms with Crippen LogP contribution in [0.1, 0.15) is 32.6 Å². The third-order valence-corrected chi connectivity index (χ3v) is 4.13. The first-order valence-electron chi connectivity index (χ1n) is 6.84. The largest absolute Gasteiger partial charge is 0.481 e. The molecule has 6 heteroatoms. The topological polar surface area (TPSA) is 78.9 Å². The molecule has 0 radical (unpaired) electrons. The van der Waals surface area contributed by atoms with Gasteiger partial charge in [0.15, 0.2) is 0 Å². The summed E-state index contributed by atoms with van der Waals surface area (Å²) >= 11 is 0. The first kappa shape index (κ1) is 14.1. The SMILES string of the molecule is CC1(CNC(=O)N2CCOCC2CC(=O)O)CCC1. The minimum Gasteiger partial charge on any atom is -0.481 e. The standard InChI is InChI=1S/C13H22N2O4/c1-13(3-2-4-13)9-14-12(18)15-5-6-19-8-10(15)7-11(16)17/h10H,2-9H2,1H3,(H,14,18)(H,16,17). The fourth-order valence-corrected chi connectivity index (χ4v) is 2.64. The number of carbonyl (C=O) groups is 2. The summed E-state index contributed by atoms with van der Waals surface area (Å²) in [6, 6.07) is -0.525. The summed E-state index contributed by atoms with van der Waals surface area (Å²) in [5, 5.41) is 11.8. The molecule has 0 aromatic heterocycles. The van der Waals surface area contributed by atoms with Crippen LogP contribution < -0.4 is 5.32 Å². The fourth-order valence-electron chi connectivity index (χ4n) is 2.64. The monoisotopic (exact) mass is 270 g/mol. The van der Waals surface area contributed by atoms with E-state index >= 15 is 0 Å². The third kappa shape index (κ3) is 3.59. The number of hydrogen-bond donors (Lipinski definition) is 2. The zero-order valence-electron chi connectivity index (χ0n) is 11.4. The number of rotatable bonds is 4. The van der Waals surface area contributed by atoms with Gasteiger partial charge < -0.3 is 20.1 Å². The van der Waals surface area contributed by atoms with E-state index in [0.29, 0.717) is 26.3 Å². The van der Waals surface area contributed by atoms with Crippen molar-refractivity contribution in [1.82, 2.24) is 10.2 Å². The third-order valence-electron chi connectivity index (χ3n) is 4.13. The van der Waals surface area contributed by atoms with E-state index in [9.17, 15) is 9.59 Å². The van der Waals surface area contributed by atoms with Gasteiger partial charge in [-0.3, -0.25) is 4.79 Å². The zero-order chi connectivity index (χ0) is 13.9. The molecule has 2 aliphatic rings. The number of nitrogens with zero attached hydrogens (tertiary/aromatic N) is 1. The van der Waals surface area contributed by atoms with Crippen LogP contribution in [0, 0.1) is 5.41 Å². The molecule has 108 valence electrons. The molecule has 6 nitrogen and oxygen atoms in total. The zero-order valence-corrected chi connectivity index (χ0v) is 11.4. The van der Waals surface area contributed by atoms with E-state index in [1.165, 1.54) is 6.42 Å². The average molecular weight is 270 g/mol. The minimum absolute atomic E-state index is 0.0648. The number of urea groups is 1. The Morgan fingerprint density at radius 3 is 2.79 bits per heavy atom. The van der Waals surface area contributed by atoms with Gasteiger partial charge >= 0.3 is 12.0 Å². The van der Waals surface area contributed by atoms with Gasteiger partial charge in [0.25, 0.3) is 0 Å². The minimum atomic E-state index is -0.903. The predicted octanol–water partition coefficient (Wildman–Crippen LogP) is 1.06. The number of carbonyl (C=O) groups excluding carboxylic acids is 1. The van der Waals surface area contributed by atoms with Crippen LogP contribution in [0.2, 0.25) is 0 Å². The highest BCUT2D eigenvalue weighted by Gasteiger charge is 2.34. The molecular weight excluding hydrogens is 248 g/mol. The van der Waals surface area contributed by atoms with E-state index in [1.54, 1.807) is 4.90 Å². The number of aliphatic carboxylic acids is 1. The van der Waals surface area contributed by atoms with E-state index in [1.807, 2.05) is 0 Å². The van der Waals surface area contributed by atoms with Gasteiger partial charge in [0, 0.05) is 13.1 Å². The summed E-state index contributed by atoms with van der Waals surface area (Å²) in [7, 11) is 0. The van der Waals surface area contributed by atoms with Gasteiger partial charge in [0.1, 0.15) is 0 Å². The molecular formula is C13H22N2O4. The van der Waals surface area contributed by atoms with Gasteiger partial charge in [-0.25, -0.2) is 4.79 Å². The normalized spacial score (nSPS) is 25.5. The van der Waals surface area contributed by atoms with Crippen LogP contribution in [0.15, 0.2) is 0 Å². The maximum atomic E-state index is 12.1. The lowest BCUT2D eigenvalue weighted by Gasteiger charge is -2.40. The molecule has 2 amide bonds. The van der Waals surface area contributed by atoms with E-state index in [2.05, 4.69) is 12.2 Å². The second-order valence-corrected chi connectivity index (χ2v) is 5.84. The Balaban J connectivity index is 1.85. The Kier molecular flexibility index (Phi) is 4.29. The van der Waals surface area contributed by atoms with Crippen molar-refractivity contribution in [1.29, 1.82) is 0 Å². The molecule has 19 heavy (non-hydrogen) atoms. The van der Waals surface area contributed by atoms with Gasteiger partial charge in [-0.15, -0.1) is 0 Å². The smallest absolute Gasteiger partial charge is 0.317 e. The van der Waals surface area contributed by atoms with Gasteiger partial charge in [-0.05, 0) is 18.3 Å². The summed E-state index contributed by atoms with van der Waals surface area (Å²) < 4.78 is 5.26. The highest BCUT2D eigenvalue weighted by atomic mass is 16.5. The lowest BCUT2D eigenvalue weighted by molar-refractivity contribution is -0.139. The number of hydrogen-bond acceptors (Lipinski definition) is 3. The molecule has 0 aromatic carbocycles. The van der Waals surface area contributed by atoms with Crippen molar-refractivity contribution in [2.75, 3.05) is 26.3 Å². The molecule has 1 saturated carbocycles. The Morgan fingerprint density at radius 2 is 2.21 bits per heavy atom. The van der Waals surface area contributed by atoms with E-state index in [-0.39, 0.29) is 23.9 Å². The molecule has 1 saturated heterocycles. The molecule has 2 N–H and O–H groups in total.